The molecule has 0 amide bonds. The summed E-state index contributed by atoms with van der Waals surface area (Å²) in [6.45, 7) is 5.77. The van der Waals surface area contributed by atoms with Crippen LogP contribution < -0.4 is 0 Å². The Bertz CT molecular complexity index is 712. The fraction of sp³-hybridized carbons (Fsp3) is 0.815. The molecule has 0 aromatic rings. The first kappa shape index (κ1) is 24.7. The molecular formula is C27H40O6. The molecular weight excluding hydrogens is 420 g/mol. The fourth-order valence-corrected chi connectivity index (χ4v) is 5.40. The lowest BCUT2D eigenvalue weighted by Crippen LogP contribution is -2.32. The molecule has 6 nitrogen and oxygen atoms in total. The van der Waals surface area contributed by atoms with Gasteiger partial charge in [0.05, 0.1) is 18.6 Å². The van der Waals surface area contributed by atoms with Gasteiger partial charge in [0.2, 0.25) is 0 Å². The van der Waals surface area contributed by atoms with Gasteiger partial charge in [0.25, 0.3) is 0 Å². The summed E-state index contributed by atoms with van der Waals surface area (Å²) in [5.74, 6) is 6.86. The topological polar surface area (TPSA) is 63.2 Å². The molecule has 33 heavy (non-hydrogen) atoms. The van der Waals surface area contributed by atoms with Crippen molar-refractivity contribution >= 4 is 5.97 Å². The van der Waals surface area contributed by atoms with Gasteiger partial charge in [-0.2, -0.15) is 0 Å². The lowest BCUT2D eigenvalue weighted by Gasteiger charge is -2.30. The van der Waals surface area contributed by atoms with Crippen LogP contribution in [0.4, 0.5) is 0 Å². The Balaban J connectivity index is 1.46. The molecule has 0 aromatic carbocycles. The Labute approximate surface area is 198 Å². The zero-order chi connectivity index (χ0) is 23.0. The number of esters is 1. The largest absolute Gasteiger partial charge is 0.462 e. The van der Waals surface area contributed by atoms with Gasteiger partial charge in [-0.25, -0.2) is 0 Å². The highest BCUT2D eigenvalue weighted by Gasteiger charge is 2.50. The third-order valence-electron chi connectivity index (χ3n) is 7.27. The van der Waals surface area contributed by atoms with Crippen molar-refractivity contribution in [2.45, 2.75) is 109 Å². The first-order valence-electron chi connectivity index (χ1n) is 13.0. The first-order chi connectivity index (χ1) is 16.1. The number of hydrogen-bond donors (Lipinski definition) is 0. The van der Waals surface area contributed by atoms with Crippen LogP contribution in [0, 0.1) is 29.6 Å². The molecule has 3 aliphatic heterocycles. The van der Waals surface area contributed by atoms with Crippen LogP contribution in [-0.2, 0) is 28.5 Å². The van der Waals surface area contributed by atoms with Crippen LogP contribution in [-0.4, -0.2) is 50.1 Å². The average molecular weight is 461 g/mol. The van der Waals surface area contributed by atoms with E-state index >= 15 is 0 Å². The van der Waals surface area contributed by atoms with Crippen LogP contribution in [0.25, 0.3) is 0 Å². The van der Waals surface area contributed by atoms with Crippen molar-refractivity contribution in [3.8, 4) is 11.8 Å². The Kier molecular flexibility index (Phi) is 9.26. The van der Waals surface area contributed by atoms with Gasteiger partial charge >= 0.3 is 5.97 Å². The summed E-state index contributed by atoms with van der Waals surface area (Å²) in [6, 6.07) is 0. The Morgan fingerprint density at radius 1 is 1.09 bits per heavy atom. The average Bonchev–Trinajstić information content (AvgIpc) is 3.33. The van der Waals surface area contributed by atoms with E-state index < -0.39 is 0 Å². The molecule has 4 aliphatic rings. The number of rotatable bonds is 8. The van der Waals surface area contributed by atoms with E-state index in [1.165, 1.54) is 0 Å². The van der Waals surface area contributed by atoms with Crippen LogP contribution in [0.15, 0.2) is 12.2 Å². The first-order valence-corrected chi connectivity index (χ1v) is 13.0. The summed E-state index contributed by atoms with van der Waals surface area (Å²) < 4.78 is 30.1. The Morgan fingerprint density at radius 2 is 1.85 bits per heavy atom. The maximum atomic E-state index is 12.0. The van der Waals surface area contributed by atoms with E-state index in [-0.39, 0.29) is 54.6 Å². The van der Waals surface area contributed by atoms with Crippen molar-refractivity contribution in [1.82, 2.24) is 0 Å². The molecule has 4 fully saturated rings. The van der Waals surface area contributed by atoms with Crippen LogP contribution in [0.3, 0.4) is 0 Å². The van der Waals surface area contributed by atoms with Gasteiger partial charge in [-0.3, -0.25) is 4.79 Å². The van der Waals surface area contributed by atoms with Crippen LogP contribution in [0.1, 0.15) is 78.1 Å². The summed E-state index contributed by atoms with van der Waals surface area (Å²) in [5.41, 5.74) is 0. The standard InChI is InChI=1S/C27H40O6/c1-3-4-5-10-19(2)22(32-26-11-6-8-15-29-26)14-13-20-21-17-25(28)31-24(21)18-23(20)33-27-12-7-9-16-30-27/h13-14,19-24,26-27H,3,6-12,15-18H2,1-2H3/b14-13+/t19-,20+,21+,22+,23+,24-,26-,27?/m0/s1. The highest BCUT2D eigenvalue weighted by Crippen LogP contribution is 2.44. The molecule has 8 atom stereocenters. The quantitative estimate of drug-likeness (QED) is 0.296. The molecule has 0 spiro atoms. The zero-order valence-electron chi connectivity index (χ0n) is 20.2. The maximum Gasteiger partial charge on any atom is 0.306 e. The molecule has 4 rings (SSSR count). The molecule has 0 N–H and O–H groups in total. The molecule has 3 saturated heterocycles. The van der Waals surface area contributed by atoms with Gasteiger partial charge in [0.15, 0.2) is 12.6 Å². The van der Waals surface area contributed by atoms with Crippen LogP contribution >= 0.6 is 0 Å². The van der Waals surface area contributed by atoms with Gasteiger partial charge < -0.3 is 23.7 Å². The molecule has 0 bridgehead atoms. The van der Waals surface area contributed by atoms with E-state index in [4.69, 9.17) is 23.7 Å². The second-order valence-electron chi connectivity index (χ2n) is 9.85. The van der Waals surface area contributed by atoms with Gasteiger partial charge in [-0.15, -0.1) is 11.8 Å². The minimum atomic E-state index is -0.162. The summed E-state index contributed by atoms with van der Waals surface area (Å²) in [6.07, 6.45) is 13.1. The normalized spacial score (nSPS) is 36.1. The smallest absolute Gasteiger partial charge is 0.306 e. The highest BCUT2D eigenvalue weighted by molar-refractivity contribution is 5.72. The van der Waals surface area contributed by atoms with Crippen molar-refractivity contribution in [2.24, 2.45) is 17.8 Å². The van der Waals surface area contributed by atoms with Crippen molar-refractivity contribution in [3.05, 3.63) is 12.2 Å². The molecule has 1 saturated carbocycles. The summed E-state index contributed by atoms with van der Waals surface area (Å²) in [4.78, 5) is 12.0. The molecule has 184 valence electrons. The molecule has 0 aromatic heterocycles. The van der Waals surface area contributed by atoms with E-state index in [1.54, 1.807) is 0 Å². The van der Waals surface area contributed by atoms with Crippen molar-refractivity contribution < 1.29 is 28.5 Å². The predicted octanol–water partition coefficient (Wildman–Crippen LogP) is 4.76. The number of hydrogen-bond acceptors (Lipinski definition) is 6. The van der Waals surface area contributed by atoms with Crippen LogP contribution in [0.5, 0.6) is 0 Å². The summed E-state index contributed by atoms with van der Waals surface area (Å²) >= 11 is 0. The van der Waals surface area contributed by atoms with E-state index in [1.807, 2.05) is 0 Å². The zero-order valence-corrected chi connectivity index (χ0v) is 20.2. The Hall–Kier alpha value is -1.39. The van der Waals surface area contributed by atoms with Crippen molar-refractivity contribution in [2.75, 3.05) is 13.2 Å². The SMILES string of the molecule is CCC#CC[C@H](C)[C@@H](/C=C/[C@@H]1[C@H]2CC(=O)O[C@H]2C[C@H]1OC1CCCCO1)O[C@H]1CCCCO1. The lowest BCUT2D eigenvalue weighted by molar-refractivity contribution is -0.194. The van der Waals surface area contributed by atoms with Crippen molar-refractivity contribution in [1.29, 1.82) is 0 Å². The third-order valence-corrected chi connectivity index (χ3v) is 7.27. The lowest BCUT2D eigenvalue weighted by atomic mass is 9.90. The third kappa shape index (κ3) is 6.82. The molecule has 0 radical (unpaired) electrons. The monoisotopic (exact) mass is 460 g/mol. The molecule has 1 unspecified atom stereocenters. The van der Waals surface area contributed by atoms with Crippen molar-refractivity contribution in [3.63, 3.8) is 0 Å². The number of carbonyl (C=O) groups excluding carboxylic acids is 1. The van der Waals surface area contributed by atoms with Gasteiger partial charge in [0.1, 0.15) is 6.10 Å². The van der Waals surface area contributed by atoms with Gasteiger partial charge in [-0.05, 0) is 44.4 Å². The fourth-order valence-electron chi connectivity index (χ4n) is 5.40. The minimum absolute atomic E-state index is 0.00535. The van der Waals surface area contributed by atoms with Gasteiger partial charge in [-0.1, -0.05) is 26.0 Å². The summed E-state index contributed by atoms with van der Waals surface area (Å²) in [5, 5.41) is 0. The van der Waals surface area contributed by atoms with Gasteiger partial charge in [0, 0.05) is 44.3 Å². The predicted molar refractivity (Wildman–Crippen MR) is 124 cm³/mol. The second-order valence-corrected chi connectivity index (χ2v) is 9.85. The second kappa shape index (κ2) is 12.4. The highest BCUT2D eigenvalue weighted by atomic mass is 16.7. The van der Waals surface area contributed by atoms with E-state index in [9.17, 15) is 4.79 Å². The minimum Gasteiger partial charge on any atom is -0.462 e. The maximum absolute atomic E-state index is 12.0. The summed E-state index contributed by atoms with van der Waals surface area (Å²) in [7, 11) is 0. The molecule has 1 aliphatic carbocycles. The van der Waals surface area contributed by atoms with E-state index in [2.05, 4.69) is 37.8 Å². The van der Waals surface area contributed by atoms with E-state index in [0.29, 0.717) is 6.42 Å². The number of fused-ring (bicyclic) bond motifs is 1. The van der Waals surface area contributed by atoms with Crippen LogP contribution in [0.2, 0.25) is 0 Å². The number of ether oxygens (including phenoxy) is 5. The Morgan fingerprint density at radius 3 is 2.55 bits per heavy atom. The molecule has 3 heterocycles. The number of carbonyl (C=O) groups is 1. The van der Waals surface area contributed by atoms with E-state index in [0.717, 1.165) is 71.0 Å². The molecule has 6 heteroatoms.